The first-order valence-electron chi connectivity index (χ1n) is 6.19. The van der Waals surface area contributed by atoms with Crippen LogP contribution in [0.2, 0.25) is 5.02 Å². The molecule has 3 nitrogen and oxygen atoms in total. The molecule has 4 heteroatoms. The Balaban J connectivity index is 2.77. The van der Waals surface area contributed by atoms with Crippen LogP contribution >= 0.6 is 11.6 Å². The van der Waals surface area contributed by atoms with E-state index in [0.29, 0.717) is 18.0 Å². The predicted octanol–water partition coefficient (Wildman–Crippen LogP) is 2.84. The molecule has 0 spiro atoms. The van der Waals surface area contributed by atoms with E-state index < -0.39 is 0 Å². The Morgan fingerprint density at radius 3 is 2.67 bits per heavy atom. The predicted molar refractivity (Wildman–Crippen MR) is 75.5 cm³/mol. The summed E-state index contributed by atoms with van der Waals surface area (Å²) in [5.74, 6) is 0.0783. The number of hydrogen-bond acceptors (Lipinski definition) is 2. The summed E-state index contributed by atoms with van der Waals surface area (Å²) in [4.78, 5) is 13.9. The highest BCUT2D eigenvalue weighted by Gasteiger charge is 2.21. The third kappa shape index (κ3) is 3.72. The Labute approximate surface area is 114 Å². The Kier molecular flexibility index (Phi) is 5.63. The van der Waals surface area contributed by atoms with Crippen molar-refractivity contribution in [1.82, 2.24) is 4.90 Å². The minimum Gasteiger partial charge on any atom is -0.339 e. The number of nitrogens with zero attached hydrogens (tertiary/aromatic N) is 1. The average Bonchev–Trinajstić information content (AvgIpc) is 2.36. The Morgan fingerprint density at radius 2 is 2.11 bits per heavy atom. The van der Waals surface area contributed by atoms with Crippen LogP contribution in [0, 0.1) is 5.92 Å². The molecule has 0 radical (unpaired) electrons. The van der Waals surface area contributed by atoms with Crippen LogP contribution in [0.15, 0.2) is 24.3 Å². The normalized spacial score (nSPS) is 14.1. The fourth-order valence-corrected chi connectivity index (χ4v) is 2.10. The van der Waals surface area contributed by atoms with Crippen molar-refractivity contribution in [3.05, 3.63) is 34.9 Å². The molecule has 1 amide bonds. The number of nitrogens with two attached hydrogens (primary N) is 1. The number of benzene rings is 1. The fraction of sp³-hybridized carbons (Fsp3) is 0.500. The zero-order valence-corrected chi connectivity index (χ0v) is 11.9. The van der Waals surface area contributed by atoms with Gasteiger partial charge in [-0.3, -0.25) is 4.79 Å². The second-order valence-electron chi connectivity index (χ2n) is 4.66. The molecule has 0 heterocycles. The van der Waals surface area contributed by atoms with E-state index in [1.807, 2.05) is 45.2 Å². The molecule has 0 aromatic heterocycles. The highest BCUT2D eigenvalue weighted by Crippen LogP contribution is 2.23. The topological polar surface area (TPSA) is 46.3 Å². The number of halogens is 1. The average molecular weight is 269 g/mol. The molecule has 0 aliphatic heterocycles. The van der Waals surface area contributed by atoms with Crippen molar-refractivity contribution < 1.29 is 4.79 Å². The molecule has 0 bridgehead atoms. The second kappa shape index (κ2) is 6.76. The molecule has 100 valence electrons. The molecule has 18 heavy (non-hydrogen) atoms. The molecule has 0 fully saturated rings. The van der Waals surface area contributed by atoms with Crippen molar-refractivity contribution >= 4 is 17.5 Å². The molecule has 2 atom stereocenters. The van der Waals surface area contributed by atoms with Crippen molar-refractivity contribution in [2.24, 2.45) is 11.7 Å². The molecule has 0 aliphatic rings. The van der Waals surface area contributed by atoms with Gasteiger partial charge in [0.2, 0.25) is 5.91 Å². The number of hydrogen-bond donors (Lipinski definition) is 1. The van der Waals surface area contributed by atoms with Crippen molar-refractivity contribution in [3.8, 4) is 0 Å². The maximum absolute atomic E-state index is 12.2. The molecule has 0 saturated heterocycles. The second-order valence-corrected chi connectivity index (χ2v) is 5.09. The van der Waals surface area contributed by atoms with Crippen molar-refractivity contribution in [1.29, 1.82) is 0 Å². The summed E-state index contributed by atoms with van der Waals surface area (Å²) in [7, 11) is 1.82. The summed E-state index contributed by atoms with van der Waals surface area (Å²) in [6, 6.07) is 7.61. The Hall–Kier alpha value is -1.06. The summed E-state index contributed by atoms with van der Waals surface area (Å²) >= 11 is 5.97. The monoisotopic (exact) mass is 268 g/mol. The highest BCUT2D eigenvalue weighted by atomic mass is 35.5. The van der Waals surface area contributed by atoms with Gasteiger partial charge in [-0.05, 0) is 37.6 Å². The van der Waals surface area contributed by atoms with Gasteiger partial charge in [0, 0.05) is 18.0 Å². The molecule has 0 saturated carbocycles. The van der Waals surface area contributed by atoms with E-state index in [1.165, 1.54) is 0 Å². The van der Waals surface area contributed by atoms with Gasteiger partial charge >= 0.3 is 0 Å². The van der Waals surface area contributed by atoms with E-state index in [9.17, 15) is 4.79 Å². The minimum absolute atomic E-state index is 0.0106. The summed E-state index contributed by atoms with van der Waals surface area (Å²) in [5.41, 5.74) is 6.53. The van der Waals surface area contributed by atoms with Crippen LogP contribution in [0.25, 0.3) is 0 Å². The van der Waals surface area contributed by atoms with Gasteiger partial charge in [-0.2, -0.15) is 0 Å². The van der Waals surface area contributed by atoms with Gasteiger partial charge in [0.25, 0.3) is 0 Å². The van der Waals surface area contributed by atoms with Gasteiger partial charge in [0.05, 0.1) is 6.04 Å². The molecule has 1 aromatic carbocycles. The SMILES string of the molecule is CC(CCN)C(=O)N(C)C(C)c1cccc(Cl)c1. The van der Waals surface area contributed by atoms with E-state index in [4.69, 9.17) is 17.3 Å². The van der Waals surface area contributed by atoms with Crippen LogP contribution < -0.4 is 5.73 Å². The van der Waals surface area contributed by atoms with Crippen molar-refractivity contribution in [3.63, 3.8) is 0 Å². The van der Waals surface area contributed by atoms with Gasteiger partial charge in [0.1, 0.15) is 0 Å². The smallest absolute Gasteiger partial charge is 0.225 e. The summed E-state index contributed by atoms with van der Waals surface area (Å²) in [5, 5.41) is 0.690. The zero-order chi connectivity index (χ0) is 13.7. The van der Waals surface area contributed by atoms with Crippen molar-refractivity contribution in [2.75, 3.05) is 13.6 Å². The lowest BCUT2D eigenvalue weighted by atomic mass is 10.0. The summed E-state index contributed by atoms with van der Waals surface area (Å²) in [6.45, 7) is 4.45. The van der Waals surface area contributed by atoms with E-state index >= 15 is 0 Å². The van der Waals surface area contributed by atoms with Crippen molar-refractivity contribution in [2.45, 2.75) is 26.3 Å². The summed E-state index contributed by atoms with van der Waals surface area (Å²) in [6.07, 6.45) is 0.714. The van der Waals surface area contributed by atoms with Gasteiger partial charge in [-0.1, -0.05) is 30.7 Å². The van der Waals surface area contributed by atoms with Crippen LogP contribution in [0.4, 0.5) is 0 Å². The van der Waals surface area contributed by atoms with Crippen LogP contribution in [0.1, 0.15) is 31.9 Å². The number of amides is 1. The van der Waals surface area contributed by atoms with Gasteiger partial charge in [-0.15, -0.1) is 0 Å². The van der Waals surface area contributed by atoms with E-state index in [1.54, 1.807) is 4.90 Å². The first-order chi connectivity index (χ1) is 8.47. The first-order valence-corrected chi connectivity index (χ1v) is 6.57. The maximum atomic E-state index is 12.2. The quantitative estimate of drug-likeness (QED) is 0.893. The zero-order valence-electron chi connectivity index (χ0n) is 11.2. The van der Waals surface area contributed by atoms with E-state index in [2.05, 4.69) is 0 Å². The Morgan fingerprint density at radius 1 is 1.44 bits per heavy atom. The third-order valence-corrected chi connectivity index (χ3v) is 3.52. The molecule has 2 N–H and O–H groups in total. The molecular weight excluding hydrogens is 248 g/mol. The van der Waals surface area contributed by atoms with Crippen LogP contribution in [0.3, 0.4) is 0 Å². The maximum Gasteiger partial charge on any atom is 0.225 e. The molecule has 2 unspecified atom stereocenters. The number of carbonyl (C=O) groups is 1. The standard InChI is InChI=1S/C14H21ClN2O/c1-10(7-8-16)14(18)17(3)11(2)12-5-4-6-13(15)9-12/h4-6,9-11H,7-8,16H2,1-3H3. The lowest BCUT2D eigenvalue weighted by Crippen LogP contribution is -2.34. The van der Waals surface area contributed by atoms with Crippen LogP contribution in [-0.4, -0.2) is 24.4 Å². The van der Waals surface area contributed by atoms with Crippen LogP contribution in [0.5, 0.6) is 0 Å². The van der Waals surface area contributed by atoms with Crippen LogP contribution in [-0.2, 0) is 4.79 Å². The van der Waals surface area contributed by atoms with Gasteiger partial charge in [-0.25, -0.2) is 0 Å². The lowest BCUT2D eigenvalue weighted by Gasteiger charge is -2.28. The molecule has 1 aromatic rings. The molecule has 0 aliphatic carbocycles. The highest BCUT2D eigenvalue weighted by molar-refractivity contribution is 6.30. The molecular formula is C14H21ClN2O. The van der Waals surface area contributed by atoms with Gasteiger partial charge in [0.15, 0.2) is 0 Å². The first kappa shape index (κ1) is 15.0. The number of rotatable bonds is 5. The molecule has 1 rings (SSSR count). The third-order valence-electron chi connectivity index (χ3n) is 3.28. The largest absolute Gasteiger partial charge is 0.339 e. The minimum atomic E-state index is -0.0402. The van der Waals surface area contributed by atoms with Gasteiger partial charge < -0.3 is 10.6 Å². The number of carbonyl (C=O) groups excluding carboxylic acids is 1. The lowest BCUT2D eigenvalue weighted by molar-refractivity contribution is -0.135. The van der Waals surface area contributed by atoms with E-state index in [-0.39, 0.29) is 17.9 Å². The Bertz CT molecular complexity index is 409. The summed E-state index contributed by atoms with van der Waals surface area (Å²) < 4.78 is 0. The van der Waals surface area contributed by atoms with E-state index in [0.717, 1.165) is 5.56 Å². The fourth-order valence-electron chi connectivity index (χ4n) is 1.90.